The topological polar surface area (TPSA) is 51.8 Å². The fourth-order valence-corrected chi connectivity index (χ4v) is 1.86. The molecule has 0 saturated carbocycles. The molecule has 0 aliphatic heterocycles. The number of nitrogens with zero attached hydrogens (tertiary/aromatic N) is 2. The van der Waals surface area contributed by atoms with Gasteiger partial charge in [0.25, 0.3) is 0 Å². The summed E-state index contributed by atoms with van der Waals surface area (Å²) >= 11 is 6.02. The Hall–Kier alpha value is -0.830. The van der Waals surface area contributed by atoms with Gasteiger partial charge in [-0.2, -0.15) is 0 Å². The van der Waals surface area contributed by atoms with Gasteiger partial charge in [-0.25, -0.2) is 9.97 Å². The molecule has 1 aromatic heterocycles. The number of hydrogen-bond acceptors (Lipinski definition) is 3. The van der Waals surface area contributed by atoms with Crippen LogP contribution in [0.25, 0.3) is 0 Å². The molecule has 0 aliphatic rings. The highest BCUT2D eigenvalue weighted by atomic mass is 35.5. The zero-order valence-corrected chi connectivity index (χ0v) is 10.1. The Kier molecular flexibility index (Phi) is 4.82. The second-order valence-corrected chi connectivity index (χ2v) is 4.09. The second-order valence-electron chi connectivity index (χ2n) is 3.74. The van der Waals surface area contributed by atoms with Gasteiger partial charge in [0.05, 0.1) is 0 Å². The number of rotatable bonds is 5. The first-order valence-electron chi connectivity index (χ1n) is 5.43. The molecule has 0 atom stereocenters. The highest BCUT2D eigenvalue weighted by molar-refractivity contribution is 6.30. The number of unbranched alkanes of at least 4 members (excludes halogenated alkanes) is 3. The van der Waals surface area contributed by atoms with E-state index in [-0.39, 0.29) is 0 Å². The highest BCUT2D eigenvalue weighted by Crippen LogP contribution is 2.21. The molecular weight excluding hydrogens is 210 g/mol. The summed E-state index contributed by atoms with van der Waals surface area (Å²) in [4.78, 5) is 8.22. The van der Waals surface area contributed by atoms with Crippen LogP contribution in [0.15, 0.2) is 0 Å². The van der Waals surface area contributed by atoms with Crippen molar-refractivity contribution in [2.45, 2.75) is 46.0 Å². The van der Waals surface area contributed by atoms with E-state index in [4.69, 9.17) is 17.3 Å². The number of aromatic nitrogens is 2. The largest absolute Gasteiger partial charge is 0.383 e. The molecule has 0 bridgehead atoms. The maximum absolute atomic E-state index is 6.02. The fourth-order valence-electron chi connectivity index (χ4n) is 1.54. The summed E-state index contributed by atoms with van der Waals surface area (Å²) in [5.41, 5.74) is 6.70. The van der Waals surface area contributed by atoms with Crippen LogP contribution in [-0.4, -0.2) is 9.97 Å². The van der Waals surface area contributed by atoms with Gasteiger partial charge in [0.2, 0.25) is 0 Å². The van der Waals surface area contributed by atoms with Crippen LogP contribution in [0, 0.1) is 6.92 Å². The third kappa shape index (κ3) is 3.67. The van der Waals surface area contributed by atoms with Crippen molar-refractivity contribution < 1.29 is 0 Å². The van der Waals surface area contributed by atoms with E-state index in [1.807, 2.05) is 0 Å². The second kappa shape index (κ2) is 5.91. The molecule has 0 amide bonds. The van der Waals surface area contributed by atoms with Crippen molar-refractivity contribution in [3.05, 3.63) is 16.5 Å². The summed E-state index contributed by atoms with van der Waals surface area (Å²) in [6.07, 6.45) is 5.67. The predicted molar refractivity (Wildman–Crippen MR) is 64.0 cm³/mol. The summed E-state index contributed by atoms with van der Waals surface area (Å²) in [5, 5.41) is 0.511. The number of anilines is 1. The lowest BCUT2D eigenvalue weighted by atomic mass is 10.1. The molecule has 4 heteroatoms. The number of aryl methyl sites for hydroxylation is 1. The van der Waals surface area contributed by atoms with Crippen LogP contribution in [0.4, 0.5) is 5.82 Å². The first-order chi connectivity index (χ1) is 7.15. The number of nitrogen functional groups attached to an aromatic ring is 1. The SMILES string of the molecule is CCCCCCc1c(N)nc(C)nc1Cl. The standard InChI is InChI=1S/C11H18ClN3/c1-3-4-5-6-7-9-10(12)14-8(2)15-11(9)13/h3-7H2,1-2H3,(H2,13,14,15). The van der Waals surface area contributed by atoms with Gasteiger partial charge in [-0.3, -0.25) is 0 Å². The maximum atomic E-state index is 6.02. The number of hydrogen-bond donors (Lipinski definition) is 1. The van der Waals surface area contributed by atoms with Gasteiger partial charge in [-0.15, -0.1) is 0 Å². The highest BCUT2D eigenvalue weighted by Gasteiger charge is 2.08. The Morgan fingerprint density at radius 2 is 1.93 bits per heavy atom. The van der Waals surface area contributed by atoms with Crippen molar-refractivity contribution in [3.8, 4) is 0 Å². The van der Waals surface area contributed by atoms with Crippen molar-refractivity contribution in [2.75, 3.05) is 5.73 Å². The van der Waals surface area contributed by atoms with Gasteiger partial charge >= 0.3 is 0 Å². The maximum Gasteiger partial charge on any atom is 0.138 e. The molecule has 84 valence electrons. The van der Waals surface area contributed by atoms with E-state index in [9.17, 15) is 0 Å². The van der Waals surface area contributed by atoms with Crippen molar-refractivity contribution in [1.82, 2.24) is 9.97 Å². The number of halogens is 1. The molecule has 1 aromatic rings. The smallest absolute Gasteiger partial charge is 0.138 e. The zero-order valence-electron chi connectivity index (χ0n) is 9.39. The number of nitrogens with two attached hydrogens (primary N) is 1. The van der Waals surface area contributed by atoms with Crippen LogP contribution in [0.5, 0.6) is 0 Å². The summed E-state index contributed by atoms with van der Waals surface area (Å²) in [7, 11) is 0. The molecule has 0 spiro atoms. The molecule has 0 radical (unpaired) electrons. The minimum absolute atomic E-state index is 0.511. The fraction of sp³-hybridized carbons (Fsp3) is 0.636. The summed E-state index contributed by atoms with van der Waals surface area (Å²) < 4.78 is 0. The minimum Gasteiger partial charge on any atom is -0.383 e. The van der Waals surface area contributed by atoms with Gasteiger partial charge in [0.15, 0.2) is 0 Å². The first-order valence-corrected chi connectivity index (χ1v) is 5.81. The molecule has 0 fully saturated rings. The minimum atomic E-state index is 0.511. The Bertz CT molecular complexity index is 303. The first kappa shape index (κ1) is 12.2. The predicted octanol–water partition coefficient (Wildman–Crippen LogP) is 3.14. The van der Waals surface area contributed by atoms with Crippen LogP contribution in [0.3, 0.4) is 0 Å². The van der Waals surface area contributed by atoms with E-state index in [0.29, 0.717) is 16.8 Å². The quantitative estimate of drug-likeness (QED) is 0.621. The van der Waals surface area contributed by atoms with Gasteiger partial charge < -0.3 is 5.73 Å². The Balaban J connectivity index is 2.60. The van der Waals surface area contributed by atoms with Crippen molar-refractivity contribution in [2.24, 2.45) is 0 Å². The Morgan fingerprint density at radius 3 is 2.53 bits per heavy atom. The molecule has 0 aliphatic carbocycles. The molecular formula is C11H18ClN3. The van der Waals surface area contributed by atoms with Gasteiger partial charge in [-0.1, -0.05) is 37.8 Å². The van der Waals surface area contributed by atoms with E-state index in [0.717, 1.165) is 18.4 Å². The molecule has 1 heterocycles. The van der Waals surface area contributed by atoms with Crippen LogP contribution in [-0.2, 0) is 6.42 Å². The van der Waals surface area contributed by atoms with Crippen molar-refractivity contribution in [3.63, 3.8) is 0 Å². The average Bonchev–Trinajstić information content (AvgIpc) is 2.15. The molecule has 0 aromatic carbocycles. The summed E-state index contributed by atoms with van der Waals surface area (Å²) in [6.45, 7) is 3.99. The van der Waals surface area contributed by atoms with Crippen LogP contribution < -0.4 is 5.73 Å². The molecule has 0 unspecified atom stereocenters. The van der Waals surface area contributed by atoms with Crippen LogP contribution >= 0.6 is 11.6 Å². The molecule has 0 saturated heterocycles. The average molecular weight is 228 g/mol. The van der Waals surface area contributed by atoms with Crippen LogP contribution in [0.1, 0.15) is 44.0 Å². The molecule has 15 heavy (non-hydrogen) atoms. The van der Waals surface area contributed by atoms with Crippen molar-refractivity contribution in [1.29, 1.82) is 0 Å². The normalized spacial score (nSPS) is 10.6. The van der Waals surface area contributed by atoms with E-state index >= 15 is 0 Å². The van der Waals surface area contributed by atoms with E-state index in [1.165, 1.54) is 19.3 Å². The summed E-state index contributed by atoms with van der Waals surface area (Å²) in [6, 6.07) is 0. The lowest BCUT2D eigenvalue weighted by molar-refractivity contribution is 0.665. The van der Waals surface area contributed by atoms with E-state index < -0.39 is 0 Å². The third-order valence-corrected chi connectivity index (χ3v) is 2.69. The van der Waals surface area contributed by atoms with E-state index in [2.05, 4.69) is 16.9 Å². The molecule has 1 rings (SSSR count). The Labute approximate surface area is 96.1 Å². The summed E-state index contributed by atoms with van der Waals surface area (Å²) in [5.74, 6) is 1.17. The van der Waals surface area contributed by atoms with Gasteiger partial charge in [0.1, 0.15) is 16.8 Å². The zero-order chi connectivity index (χ0) is 11.3. The van der Waals surface area contributed by atoms with Gasteiger partial charge in [-0.05, 0) is 19.8 Å². The lowest BCUT2D eigenvalue weighted by Gasteiger charge is -2.07. The van der Waals surface area contributed by atoms with Gasteiger partial charge in [0, 0.05) is 5.56 Å². The lowest BCUT2D eigenvalue weighted by Crippen LogP contribution is -2.03. The third-order valence-electron chi connectivity index (χ3n) is 2.38. The molecule has 3 nitrogen and oxygen atoms in total. The van der Waals surface area contributed by atoms with Crippen LogP contribution in [0.2, 0.25) is 5.15 Å². The molecule has 2 N–H and O–H groups in total. The Morgan fingerprint density at radius 1 is 1.20 bits per heavy atom. The monoisotopic (exact) mass is 227 g/mol. The van der Waals surface area contributed by atoms with Crippen molar-refractivity contribution >= 4 is 17.4 Å². The van der Waals surface area contributed by atoms with E-state index in [1.54, 1.807) is 6.92 Å².